The first-order valence-corrected chi connectivity index (χ1v) is 7.68. The van der Waals surface area contributed by atoms with Crippen LogP contribution < -0.4 is 16.0 Å². The van der Waals surface area contributed by atoms with Crippen molar-refractivity contribution < 1.29 is 34.1 Å². The van der Waals surface area contributed by atoms with E-state index >= 15 is 0 Å². The number of nitrogens with two attached hydrogens (primary N) is 1. The number of carbonyl (C=O) groups is 3. The number of aromatic amines is 1. The van der Waals surface area contributed by atoms with Crippen LogP contribution in [0.2, 0.25) is 0 Å². The van der Waals surface area contributed by atoms with Gasteiger partial charge in [0.25, 0.3) is 5.56 Å². The molecular weight excluding hydrogens is 360 g/mol. The van der Waals surface area contributed by atoms with Crippen molar-refractivity contribution in [2.75, 3.05) is 18.9 Å². The van der Waals surface area contributed by atoms with E-state index in [4.69, 9.17) is 15.2 Å². The van der Waals surface area contributed by atoms with Gasteiger partial charge in [0.05, 0.1) is 6.61 Å². The molecule has 0 atom stereocenters. The zero-order valence-corrected chi connectivity index (χ0v) is 14.1. The summed E-state index contributed by atoms with van der Waals surface area (Å²) in [5.41, 5.74) is 2.68. The van der Waals surface area contributed by atoms with Gasteiger partial charge in [-0.3, -0.25) is 4.79 Å². The first-order valence-electron chi connectivity index (χ1n) is 7.68. The first kappa shape index (κ1) is 19.5. The molecule has 0 aliphatic carbocycles. The Morgan fingerprint density at radius 2 is 1.74 bits per heavy atom. The highest BCUT2D eigenvalue weighted by Crippen LogP contribution is 2.35. The smallest absolute Gasteiger partial charge is 0.344 e. The first-order chi connectivity index (χ1) is 12.8. The summed E-state index contributed by atoms with van der Waals surface area (Å²) < 4.78 is 10.1. The highest BCUT2D eigenvalue weighted by atomic mass is 16.6. The maximum absolute atomic E-state index is 12.1. The van der Waals surface area contributed by atoms with Crippen molar-refractivity contribution >= 4 is 23.7 Å². The molecule has 0 amide bonds. The highest BCUT2D eigenvalue weighted by molar-refractivity contribution is 6.08. The Bertz CT molecular complexity index is 964. The number of aromatic carboxylic acids is 2. The van der Waals surface area contributed by atoms with Crippen molar-refractivity contribution in [3.8, 4) is 16.9 Å². The van der Waals surface area contributed by atoms with Crippen molar-refractivity contribution in [1.82, 2.24) is 4.98 Å². The molecule has 0 unspecified atom stereocenters. The van der Waals surface area contributed by atoms with Gasteiger partial charge in [-0.05, 0) is 13.0 Å². The number of aromatic nitrogens is 1. The van der Waals surface area contributed by atoms with Gasteiger partial charge < -0.3 is 30.4 Å². The summed E-state index contributed by atoms with van der Waals surface area (Å²) in [6.45, 7) is 1.26. The van der Waals surface area contributed by atoms with Crippen LogP contribution in [0.1, 0.15) is 27.6 Å². The fraction of sp³-hybridized carbons (Fsp3) is 0.176. The number of hydrogen-bond donors (Lipinski definition) is 4. The normalized spacial score (nSPS) is 10.3. The van der Waals surface area contributed by atoms with Crippen LogP contribution in [0.25, 0.3) is 11.1 Å². The number of carbonyl (C=O) groups excluding carboxylic acids is 1. The van der Waals surface area contributed by atoms with E-state index in [0.717, 1.165) is 0 Å². The number of para-hydroxylation sites is 1. The largest absolute Gasteiger partial charge is 0.481 e. The minimum atomic E-state index is -1.64. The Balaban J connectivity index is 2.71. The fourth-order valence-electron chi connectivity index (χ4n) is 2.45. The Morgan fingerprint density at radius 3 is 2.33 bits per heavy atom. The van der Waals surface area contributed by atoms with Crippen molar-refractivity contribution in [2.24, 2.45) is 0 Å². The summed E-state index contributed by atoms with van der Waals surface area (Å²) in [4.78, 5) is 48.9. The third kappa shape index (κ3) is 4.06. The van der Waals surface area contributed by atoms with E-state index in [0.29, 0.717) is 0 Å². The maximum atomic E-state index is 12.1. The van der Waals surface area contributed by atoms with E-state index in [9.17, 15) is 29.4 Å². The van der Waals surface area contributed by atoms with Crippen LogP contribution in [0, 0.1) is 0 Å². The number of carboxylic acid groups (broad SMARTS) is 2. The number of nitrogens with one attached hydrogen (secondary N) is 1. The van der Waals surface area contributed by atoms with Gasteiger partial charge in [-0.2, -0.15) is 0 Å². The summed E-state index contributed by atoms with van der Waals surface area (Å²) in [6, 6.07) is 5.76. The van der Waals surface area contributed by atoms with Gasteiger partial charge in [-0.25, -0.2) is 14.4 Å². The van der Waals surface area contributed by atoms with Gasteiger partial charge in [0.15, 0.2) is 6.61 Å². The molecule has 0 radical (unpaired) electrons. The van der Waals surface area contributed by atoms with E-state index in [2.05, 4.69) is 0 Å². The zero-order chi connectivity index (χ0) is 20.1. The number of ether oxygens (including phenoxy) is 2. The minimum Gasteiger partial charge on any atom is -0.481 e. The molecule has 0 bridgehead atoms. The molecule has 2 rings (SSSR count). The fourth-order valence-corrected chi connectivity index (χ4v) is 2.45. The predicted octanol–water partition coefficient (Wildman–Crippen LogP) is 0.962. The Morgan fingerprint density at radius 1 is 1.11 bits per heavy atom. The topological polar surface area (TPSA) is 169 Å². The quantitative estimate of drug-likeness (QED) is 0.514. The molecule has 10 heteroatoms. The Hall–Kier alpha value is -3.82. The van der Waals surface area contributed by atoms with E-state index in [1.165, 1.54) is 24.3 Å². The lowest BCUT2D eigenvalue weighted by Crippen LogP contribution is -2.24. The van der Waals surface area contributed by atoms with E-state index in [-0.39, 0.29) is 17.9 Å². The molecule has 0 spiro atoms. The molecule has 27 heavy (non-hydrogen) atoms. The second-order valence-electron chi connectivity index (χ2n) is 5.19. The molecule has 0 aliphatic heterocycles. The number of nitrogen functional groups attached to an aromatic ring is 1. The van der Waals surface area contributed by atoms with Gasteiger partial charge in [-0.15, -0.1) is 0 Å². The molecule has 1 aromatic carbocycles. The number of benzene rings is 1. The molecule has 2 aromatic rings. The number of H-pyrrole nitrogens is 1. The van der Waals surface area contributed by atoms with Crippen LogP contribution in [0.15, 0.2) is 29.1 Å². The number of hydrogen-bond acceptors (Lipinski definition) is 7. The third-order valence-electron chi connectivity index (χ3n) is 3.48. The molecule has 0 saturated carbocycles. The second-order valence-corrected chi connectivity index (χ2v) is 5.19. The molecule has 0 aliphatic rings. The van der Waals surface area contributed by atoms with Gasteiger partial charge >= 0.3 is 17.9 Å². The average Bonchev–Trinajstić information content (AvgIpc) is 2.59. The van der Waals surface area contributed by atoms with Gasteiger partial charge in [-0.1, -0.05) is 18.2 Å². The lowest BCUT2D eigenvalue weighted by molar-refractivity contribution is -0.145. The second kappa shape index (κ2) is 8.04. The molecule has 1 aromatic heterocycles. The predicted molar refractivity (Wildman–Crippen MR) is 93.0 cm³/mol. The van der Waals surface area contributed by atoms with Crippen LogP contribution in [0.3, 0.4) is 0 Å². The maximum Gasteiger partial charge on any atom is 0.344 e. The number of esters is 1. The number of pyridine rings is 1. The van der Waals surface area contributed by atoms with Gasteiger partial charge in [0.2, 0.25) is 0 Å². The summed E-state index contributed by atoms with van der Waals surface area (Å²) >= 11 is 0. The van der Waals surface area contributed by atoms with Gasteiger partial charge in [0, 0.05) is 11.1 Å². The lowest BCUT2D eigenvalue weighted by atomic mass is 9.94. The molecule has 0 saturated heterocycles. The van der Waals surface area contributed by atoms with Crippen LogP contribution in [-0.2, 0) is 9.53 Å². The van der Waals surface area contributed by atoms with Crippen molar-refractivity contribution in [3.63, 3.8) is 0 Å². The van der Waals surface area contributed by atoms with E-state index < -0.39 is 52.6 Å². The van der Waals surface area contributed by atoms with E-state index in [1.54, 1.807) is 6.92 Å². The van der Waals surface area contributed by atoms with Crippen LogP contribution in [0.4, 0.5) is 5.82 Å². The van der Waals surface area contributed by atoms with Crippen molar-refractivity contribution in [3.05, 3.63) is 45.7 Å². The SMILES string of the molecule is CCOC(=O)COc1ccccc1-c1c(C(=O)O)c(N)[nH]c(=O)c1C(=O)O. The van der Waals surface area contributed by atoms with Gasteiger partial charge in [0.1, 0.15) is 22.7 Å². The molecule has 142 valence electrons. The molecular formula is C17H16N2O8. The molecule has 5 N–H and O–H groups in total. The molecule has 10 nitrogen and oxygen atoms in total. The Kier molecular flexibility index (Phi) is 5.81. The summed E-state index contributed by atoms with van der Waals surface area (Å²) in [7, 11) is 0. The van der Waals surface area contributed by atoms with Crippen LogP contribution >= 0.6 is 0 Å². The van der Waals surface area contributed by atoms with Crippen LogP contribution in [0.5, 0.6) is 5.75 Å². The zero-order valence-electron chi connectivity index (χ0n) is 14.1. The van der Waals surface area contributed by atoms with Crippen molar-refractivity contribution in [1.29, 1.82) is 0 Å². The number of carboxylic acids is 2. The van der Waals surface area contributed by atoms with E-state index in [1.807, 2.05) is 4.98 Å². The van der Waals surface area contributed by atoms with Crippen LogP contribution in [-0.4, -0.2) is 46.3 Å². The highest BCUT2D eigenvalue weighted by Gasteiger charge is 2.28. The monoisotopic (exact) mass is 376 g/mol. The lowest BCUT2D eigenvalue weighted by Gasteiger charge is -2.15. The standard InChI is InChI=1S/C17H16N2O8/c1-2-26-10(20)7-27-9-6-4-3-5-8(9)11-12(16(22)23)14(18)19-15(21)13(11)17(24)25/h3-6H,2,7H2,1H3,(H,22,23)(H,24,25)(H3,18,19,21). The molecule has 1 heterocycles. The average molecular weight is 376 g/mol. The van der Waals surface area contributed by atoms with Crippen molar-refractivity contribution in [2.45, 2.75) is 6.92 Å². The molecule has 0 fully saturated rings. The number of anilines is 1. The summed E-state index contributed by atoms with van der Waals surface area (Å²) in [5.74, 6) is -4.38. The summed E-state index contributed by atoms with van der Waals surface area (Å²) in [5, 5.41) is 18.9. The Labute approximate surface area is 152 Å². The third-order valence-corrected chi connectivity index (χ3v) is 3.48. The minimum absolute atomic E-state index is 0.0134. The summed E-state index contributed by atoms with van der Waals surface area (Å²) in [6.07, 6.45) is 0. The number of rotatable bonds is 7.